The number of ether oxygens (including phenoxy) is 1. The van der Waals surface area contributed by atoms with Gasteiger partial charge in [-0.05, 0) is 63.2 Å². The summed E-state index contributed by atoms with van der Waals surface area (Å²) in [6.45, 7) is 16.2. The van der Waals surface area contributed by atoms with Gasteiger partial charge < -0.3 is 24.7 Å². The van der Waals surface area contributed by atoms with Gasteiger partial charge in [-0.25, -0.2) is 17.9 Å². The number of sulfonamides is 1. The van der Waals surface area contributed by atoms with Crippen LogP contribution in [0.5, 0.6) is 0 Å². The Labute approximate surface area is 217 Å². The number of alkyl carbamates (subject to hydrolysis) is 1. The first-order valence-electron chi connectivity index (χ1n) is 12.9. The smallest absolute Gasteiger partial charge is 0.444 e. The number of carbonyl (C=O) groups is 2. The largest absolute Gasteiger partial charge is 0.481 e. The summed E-state index contributed by atoms with van der Waals surface area (Å²) in [6, 6.07) is -1.18. The highest BCUT2D eigenvalue weighted by atomic mass is 32.2. The Morgan fingerprint density at radius 1 is 1.19 bits per heavy atom. The van der Waals surface area contributed by atoms with E-state index in [2.05, 4.69) is 36.1 Å². The number of amides is 2. The lowest BCUT2D eigenvalue weighted by atomic mass is 9.54. The molecule has 2 aliphatic rings. The zero-order valence-corrected chi connectivity index (χ0v) is 24.2. The Kier molecular flexibility index (Phi) is 10.3. The van der Waals surface area contributed by atoms with Crippen LogP contribution < -0.4 is 15.4 Å². The molecule has 36 heavy (non-hydrogen) atoms. The number of nitrogens with one attached hydrogen (secondary N) is 3. The van der Waals surface area contributed by atoms with Crippen LogP contribution in [0.25, 0.3) is 0 Å². The second-order valence-corrected chi connectivity index (χ2v) is 14.2. The van der Waals surface area contributed by atoms with E-state index in [1.807, 2.05) is 13.8 Å². The van der Waals surface area contributed by atoms with Crippen LogP contribution in [-0.2, 0) is 28.9 Å². The van der Waals surface area contributed by atoms with Crippen molar-refractivity contribution in [2.45, 2.75) is 98.3 Å². The van der Waals surface area contributed by atoms with Gasteiger partial charge in [-0.1, -0.05) is 34.6 Å². The third-order valence-electron chi connectivity index (χ3n) is 7.22. The van der Waals surface area contributed by atoms with Crippen molar-refractivity contribution in [2.24, 2.45) is 23.2 Å². The maximum absolute atomic E-state index is 13.2. The molecule has 2 rings (SSSR count). The van der Waals surface area contributed by atoms with Crippen molar-refractivity contribution in [2.75, 3.05) is 19.4 Å². The Balaban J connectivity index is 2.06. The fourth-order valence-corrected chi connectivity index (χ4v) is 5.19. The second-order valence-electron chi connectivity index (χ2n) is 12.4. The van der Waals surface area contributed by atoms with E-state index in [1.54, 1.807) is 20.8 Å². The highest BCUT2D eigenvalue weighted by Crippen LogP contribution is 2.53. The lowest BCUT2D eigenvalue weighted by molar-refractivity contribution is -0.123. The van der Waals surface area contributed by atoms with E-state index in [4.69, 9.17) is 14.0 Å². The Morgan fingerprint density at radius 2 is 1.83 bits per heavy atom. The van der Waals surface area contributed by atoms with E-state index < -0.39 is 46.7 Å². The van der Waals surface area contributed by atoms with Crippen LogP contribution in [0.4, 0.5) is 4.79 Å². The van der Waals surface area contributed by atoms with Gasteiger partial charge in [0.1, 0.15) is 11.6 Å². The van der Waals surface area contributed by atoms with Crippen molar-refractivity contribution in [1.82, 2.24) is 15.4 Å². The fraction of sp³-hybridized carbons (Fsp3) is 0.917. The minimum absolute atomic E-state index is 0.0408. The van der Waals surface area contributed by atoms with Gasteiger partial charge in [0, 0.05) is 6.54 Å². The Bertz CT molecular complexity index is 875. The summed E-state index contributed by atoms with van der Waals surface area (Å²) < 4.78 is 43.0. The molecule has 0 radical (unpaired) electrons. The first kappa shape index (κ1) is 30.9. The summed E-state index contributed by atoms with van der Waals surface area (Å²) in [7, 11) is -4.21. The molecule has 1 aliphatic carbocycles. The molecule has 0 aromatic carbocycles. The molecule has 208 valence electrons. The van der Waals surface area contributed by atoms with Crippen LogP contribution in [0.3, 0.4) is 0 Å². The van der Waals surface area contributed by atoms with Gasteiger partial charge in [-0.15, -0.1) is 0 Å². The van der Waals surface area contributed by atoms with Gasteiger partial charge in [-0.2, -0.15) is 0 Å². The number of carbonyl (C=O) groups excluding carboxylic acids is 2. The molecule has 1 aliphatic heterocycles. The van der Waals surface area contributed by atoms with Crippen LogP contribution >= 0.6 is 0 Å². The van der Waals surface area contributed by atoms with Gasteiger partial charge in [0.05, 0.1) is 24.9 Å². The van der Waals surface area contributed by atoms with Gasteiger partial charge >= 0.3 is 13.2 Å². The van der Waals surface area contributed by atoms with Crippen molar-refractivity contribution in [1.29, 1.82) is 0 Å². The topological polar surface area (TPSA) is 132 Å². The minimum atomic E-state index is -3.59. The SMILES string of the molecule is CC(C)C[C@H](NC(=O)[C@H](CNS(C)(=O)=O)NC(=O)OC(C)(C)C)B1OC[C@@H](C[C@@H]2C[C@H](C)C2(C)C)O1. The van der Waals surface area contributed by atoms with Crippen molar-refractivity contribution < 1.29 is 32.1 Å². The predicted molar refractivity (Wildman–Crippen MR) is 140 cm³/mol. The average molecular weight is 532 g/mol. The Morgan fingerprint density at radius 3 is 2.33 bits per heavy atom. The molecule has 0 aromatic heterocycles. The monoisotopic (exact) mass is 531 g/mol. The first-order chi connectivity index (χ1) is 16.4. The average Bonchev–Trinajstić information content (AvgIpc) is 3.16. The van der Waals surface area contributed by atoms with Gasteiger partial charge in [-0.3, -0.25) is 4.79 Å². The van der Waals surface area contributed by atoms with E-state index in [-0.39, 0.29) is 24.0 Å². The normalized spacial score (nSPS) is 25.7. The van der Waals surface area contributed by atoms with E-state index >= 15 is 0 Å². The van der Waals surface area contributed by atoms with E-state index in [0.29, 0.717) is 24.9 Å². The minimum Gasteiger partial charge on any atom is -0.444 e. The summed E-state index contributed by atoms with van der Waals surface area (Å²) in [5.74, 6) is 0.481. The fourth-order valence-electron chi connectivity index (χ4n) is 4.72. The molecule has 0 bridgehead atoms. The Hall–Kier alpha value is -1.37. The highest BCUT2D eigenvalue weighted by Gasteiger charge is 2.48. The lowest BCUT2D eigenvalue weighted by Gasteiger charge is -2.51. The zero-order valence-electron chi connectivity index (χ0n) is 23.3. The van der Waals surface area contributed by atoms with Crippen LogP contribution in [0.1, 0.15) is 74.7 Å². The summed E-state index contributed by atoms with van der Waals surface area (Å²) in [4.78, 5) is 25.6. The maximum Gasteiger partial charge on any atom is 0.481 e. The molecule has 10 nitrogen and oxygen atoms in total. The molecule has 12 heteroatoms. The van der Waals surface area contributed by atoms with Crippen LogP contribution in [-0.4, -0.2) is 70.6 Å². The maximum atomic E-state index is 13.2. The molecule has 1 saturated heterocycles. The second kappa shape index (κ2) is 12.0. The first-order valence-corrected chi connectivity index (χ1v) is 14.8. The summed E-state index contributed by atoms with van der Waals surface area (Å²) in [6.07, 6.45) is 2.81. The molecule has 1 heterocycles. The summed E-state index contributed by atoms with van der Waals surface area (Å²) >= 11 is 0. The van der Waals surface area contributed by atoms with Crippen molar-refractivity contribution in [3.63, 3.8) is 0 Å². The number of hydrogen-bond acceptors (Lipinski definition) is 7. The molecule has 0 unspecified atom stereocenters. The van der Waals surface area contributed by atoms with E-state index in [1.165, 1.54) is 6.42 Å². The molecule has 3 N–H and O–H groups in total. The van der Waals surface area contributed by atoms with Crippen molar-refractivity contribution in [3.05, 3.63) is 0 Å². The van der Waals surface area contributed by atoms with Crippen LogP contribution in [0, 0.1) is 23.2 Å². The van der Waals surface area contributed by atoms with Gasteiger partial charge in [0.25, 0.3) is 0 Å². The van der Waals surface area contributed by atoms with Crippen LogP contribution in [0.15, 0.2) is 0 Å². The third kappa shape index (κ3) is 9.50. The van der Waals surface area contributed by atoms with Crippen molar-refractivity contribution >= 4 is 29.1 Å². The zero-order chi connectivity index (χ0) is 27.5. The molecule has 2 fully saturated rings. The molecular weight excluding hydrogens is 485 g/mol. The van der Waals surface area contributed by atoms with Gasteiger partial charge in [0.15, 0.2) is 0 Å². The quantitative estimate of drug-likeness (QED) is 0.349. The summed E-state index contributed by atoms with van der Waals surface area (Å²) in [5, 5.41) is 5.40. The van der Waals surface area contributed by atoms with Crippen LogP contribution in [0.2, 0.25) is 0 Å². The molecular formula is C24H46BN3O7S. The summed E-state index contributed by atoms with van der Waals surface area (Å²) in [5.41, 5.74) is -0.497. The van der Waals surface area contributed by atoms with Gasteiger partial charge in [0.2, 0.25) is 15.9 Å². The standard InChI is InChI=1S/C24H46BN3O7S/c1-15(2)10-20(25-33-14-18(35-25)12-17-11-16(3)24(17,7)8)28-21(29)19(13-26-36(9,31)32)27-22(30)34-23(4,5)6/h15-20,26H,10-14H2,1-9H3,(H,27,30)(H,28,29)/t16-,17-,18+,19-,20-/m0/s1. The third-order valence-corrected chi connectivity index (χ3v) is 7.91. The molecule has 0 spiro atoms. The number of hydrogen-bond donors (Lipinski definition) is 3. The van der Waals surface area contributed by atoms with Crippen molar-refractivity contribution in [3.8, 4) is 0 Å². The van der Waals surface area contributed by atoms with E-state index in [9.17, 15) is 18.0 Å². The highest BCUT2D eigenvalue weighted by molar-refractivity contribution is 7.88. The molecule has 2 amide bonds. The molecule has 1 saturated carbocycles. The molecule has 0 aromatic rings. The van der Waals surface area contributed by atoms with E-state index in [0.717, 1.165) is 12.7 Å². The lowest BCUT2D eigenvalue weighted by Crippen LogP contribution is -2.58. The number of rotatable bonds is 11. The predicted octanol–water partition coefficient (Wildman–Crippen LogP) is 2.47. The molecule has 5 atom stereocenters.